The van der Waals surface area contributed by atoms with E-state index in [2.05, 4.69) is 26.3 Å². The Balaban J connectivity index is 1.32. The number of nitrogens with zero attached hydrogens (tertiary/aromatic N) is 4. The van der Waals surface area contributed by atoms with E-state index >= 15 is 0 Å². The van der Waals surface area contributed by atoms with Crippen molar-refractivity contribution in [1.82, 2.24) is 25.3 Å². The summed E-state index contributed by atoms with van der Waals surface area (Å²) in [6.07, 6.45) is 5.68. The van der Waals surface area contributed by atoms with Crippen LogP contribution in [0.3, 0.4) is 0 Å². The molecule has 0 spiro atoms. The van der Waals surface area contributed by atoms with Crippen molar-refractivity contribution in [1.29, 1.82) is 0 Å². The minimum atomic E-state index is -0.351. The first-order chi connectivity index (χ1) is 14.2. The summed E-state index contributed by atoms with van der Waals surface area (Å²) in [5, 5.41) is 11.5. The molecule has 2 aromatic rings. The van der Waals surface area contributed by atoms with E-state index in [4.69, 9.17) is 5.10 Å². The molecule has 0 saturated carbocycles. The van der Waals surface area contributed by atoms with Gasteiger partial charge in [-0.15, -0.1) is 0 Å². The number of urea groups is 1. The van der Waals surface area contributed by atoms with Crippen molar-refractivity contribution >= 4 is 28.5 Å². The molecule has 8 heteroatoms. The fourth-order valence-electron chi connectivity index (χ4n) is 4.96. The van der Waals surface area contributed by atoms with Gasteiger partial charge in [-0.25, -0.2) is 4.79 Å². The number of hydrogen-bond donors (Lipinski definition) is 2. The van der Waals surface area contributed by atoms with Crippen LogP contribution in [-0.2, 0) is 4.79 Å². The van der Waals surface area contributed by atoms with Crippen molar-refractivity contribution in [2.24, 2.45) is 5.92 Å². The Hall–Kier alpha value is -2.45. The standard InChI is InChI=1S/C21H28N6O2/c28-20-7-11-26(21(29)24-20)18-2-1-3-19-17(18)13-23-27(19)16-5-9-25(10-6-16)14-15-4-8-22-12-15/h1-3,13,15-16,22H,4-12,14H2,(H,24,28,29). The van der Waals surface area contributed by atoms with E-state index in [-0.39, 0.29) is 11.9 Å². The van der Waals surface area contributed by atoms with Gasteiger partial charge in [-0.2, -0.15) is 5.10 Å². The molecule has 3 aliphatic heterocycles. The summed E-state index contributed by atoms with van der Waals surface area (Å²) in [5.41, 5.74) is 1.88. The molecular weight excluding hydrogens is 368 g/mol. The highest BCUT2D eigenvalue weighted by Crippen LogP contribution is 2.32. The van der Waals surface area contributed by atoms with E-state index in [9.17, 15) is 9.59 Å². The zero-order valence-corrected chi connectivity index (χ0v) is 16.6. The van der Waals surface area contributed by atoms with Gasteiger partial charge >= 0.3 is 6.03 Å². The molecule has 1 atom stereocenters. The molecule has 4 heterocycles. The number of imide groups is 1. The molecule has 154 valence electrons. The Kier molecular flexibility index (Phi) is 4.97. The molecule has 1 aromatic carbocycles. The number of fused-ring (bicyclic) bond motifs is 1. The molecule has 3 aliphatic rings. The van der Waals surface area contributed by atoms with Gasteiger partial charge in [0.2, 0.25) is 5.91 Å². The summed E-state index contributed by atoms with van der Waals surface area (Å²) in [6.45, 7) is 6.14. The smallest absolute Gasteiger partial charge is 0.316 e. The van der Waals surface area contributed by atoms with Crippen molar-refractivity contribution in [2.45, 2.75) is 31.7 Å². The minimum Gasteiger partial charge on any atom is -0.316 e. The van der Waals surface area contributed by atoms with Crippen LogP contribution in [0.2, 0.25) is 0 Å². The lowest BCUT2D eigenvalue weighted by Crippen LogP contribution is -2.49. The second-order valence-corrected chi connectivity index (χ2v) is 8.44. The summed E-state index contributed by atoms with van der Waals surface area (Å²) >= 11 is 0. The van der Waals surface area contributed by atoms with Crippen LogP contribution in [0.15, 0.2) is 24.4 Å². The van der Waals surface area contributed by atoms with Crippen molar-refractivity contribution < 1.29 is 9.59 Å². The average Bonchev–Trinajstić information content (AvgIpc) is 3.38. The Morgan fingerprint density at radius 2 is 1.97 bits per heavy atom. The van der Waals surface area contributed by atoms with E-state index in [0.29, 0.717) is 19.0 Å². The lowest BCUT2D eigenvalue weighted by atomic mass is 10.0. The SMILES string of the molecule is O=C1CCN(c2cccc3c2cnn3C2CCN(CC3CCNC3)CC2)C(=O)N1. The van der Waals surface area contributed by atoms with Gasteiger partial charge in [0.1, 0.15) is 0 Å². The zero-order valence-electron chi connectivity index (χ0n) is 16.6. The van der Waals surface area contributed by atoms with Crippen molar-refractivity contribution in [3.05, 3.63) is 24.4 Å². The molecule has 3 amide bonds. The third kappa shape index (κ3) is 3.62. The zero-order chi connectivity index (χ0) is 19.8. The summed E-state index contributed by atoms with van der Waals surface area (Å²) in [5.74, 6) is 0.580. The second-order valence-electron chi connectivity index (χ2n) is 8.44. The predicted molar refractivity (Wildman–Crippen MR) is 111 cm³/mol. The van der Waals surface area contributed by atoms with Crippen LogP contribution in [0.25, 0.3) is 10.9 Å². The monoisotopic (exact) mass is 396 g/mol. The van der Waals surface area contributed by atoms with Gasteiger partial charge in [-0.3, -0.25) is 19.7 Å². The topological polar surface area (TPSA) is 82.5 Å². The highest BCUT2D eigenvalue weighted by molar-refractivity contribution is 6.09. The highest BCUT2D eigenvalue weighted by Gasteiger charge is 2.28. The Labute approximate surface area is 170 Å². The predicted octanol–water partition coefficient (Wildman–Crippen LogP) is 1.73. The highest BCUT2D eigenvalue weighted by atomic mass is 16.2. The van der Waals surface area contributed by atoms with Gasteiger partial charge in [0.25, 0.3) is 0 Å². The van der Waals surface area contributed by atoms with Crippen LogP contribution in [0.4, 0.5) is 10.5 Å². The summed E-state index contributed by atoms with van der Waals surface area (Å²) in [6, 6.07) is 6.02. The Morgan fingerprint density at radius 1 is 1.10 bits per heavy atom. The molecule has 3 fully saturated rings. The fourth-order valence-corrected chi connectivity index (χ4v) is 4.96. The Morgan fingerprint density at radius 3 is 2.72 bits per heavy atom. The summed E-state index contributed by atoms with van der Waals surface area (Å²) < 4.78 is 2.14. The molecule has 0 radical (unpaired) electrons. The first kappa shape index (κ1) is 18.6. The molecule has 1 aromatic heterocycles. The molecule has 3 saturated heterocycles. The number of rotatable bonds is 4. The second kappa shape index (κ2) is 7.76. The van der Waals surface area contributed by atoms with Crippen molar-refractivity contribution in [3.63, 3.8) is 0 Å². The molecule has 0 aliphatic carbocycles. The van der Waals surface area contributed by atoms with Gasteiger partial charge in [-0.1, -0.05) is 6.07 Å². The van der Waals surface area contributed by atoms with Gasteiger partial charge in [-0.05, 0) is 50.4 Å². The van der Waals surface area contributed by atoms with Gasteiger partial charge < -0.3 is 10.2 Å². The first-order valence-corrected chi connectivity index (χ1v) is 10.7. The number of benzene rings is 1. The summed E-state index contributed by atoms with van der Waals surface area (Å²) in [7, 11) is 0. The van der Waals surface area contributed by atoms with Crippen LogP contribution in [0.1, 0.15) is 31.7 Å². The number of hydrogen-bond acceptors (Lipinski definition) is 5. The van der Waals surface area contributed by atoms with E-state index in [1.807, 2.05) is 18.3 Å². The maximum Gasteiger partial charge on any atom is 0.328 e. The molecule has 8 nitrogen and oxygen atoms in total. The van der Waals surface area contributed by atoms with Crippen LogP contribution in [-0.4, -0.2) is 65.9 Å². The van der Waals surface area contributed by atoms with Crippen molar-refractivity contribution in [3.8, 4) is 0 Å². The molecule has 29 heavy (non-hydrogen) atoms. The summed E-state index contributed by atoms with van der Waals surface area (Å²) in [4.78, 5) is 28.0. The van der Waals surface area contributed by atoms with E-state index < -0.39 is 0 Å². The number of amides is 3. The molecule has 0 bridgehead atoms. The number of anilines is 1. The maximum atomic E-state index is 12.3. The molecule has 5 rings (SSSR count). The van der Waals surface area contributed by atoms with E-state index in [1.165, 1.54) is 13.0 Å². The Bertz CT molecular complexity index is 911. The number of nitrogens with one attached hydrogen (secondary N) is 2. The largest absolute Gasteiger partial charge is 0.328 e. The lowest BCUT2D eigenvalue weighted by molar-refractivity contribution is -0.120. The van der Waals surface area contributed by atoms with Crippen LogP contribution in [0, 0.1) is 5.92 Å². The van der Waals surface area contributed by atoms with Crippen LogP contribution >= 0.6 is 0 Å². The third-order valence-electron chi connectivity index (χ3n) is 6.54. The quantitative estimate of drug-likeness (QED) is 0.823. The van der Waals surface area contributed by atoms with E-state index in [0.717, 1.165) is 61.5 Å². The maximum absolute atomic E-state index is 12.3. The van der Waals surface area contributed by atoms with E-state index in [1.54, 1.807) is 4.90 Å². The number of carbonyl (C=O) groups is 2. The van der Waals surface area contributed by atoms with Crippen LogP contribution < -0.4 is 15.5 Å². The molecule has 2 N–H and O–H groups in total. The minimum absolute atomic E-state index is 0.214. The normalized spacial score (nSPS) is 24.4. The van der Waals surface area contributed by atoms with Crippen LogP contribution in [0.5, 0.6) is 0 Å². The first-order valence-electron chi connectivity index (χ1n) is 10.7. The third-order valence-corrected chi connectivity index (χ3v) is 6.54. The average molecular weight is 396 g/mol. The number of likely N-dealkylation sites (tertiary alicyclic amines) is 1. The number of carbonyl (C=O) groups excluding carboxylic acids is 2. The van der Waals surface area contributed by atoms with Gasteiger partial charge in [0.15, 0.2) is 0 Å². The lowest BCUT2D eigenvalue weighted by Gasteiger charge is -2.33. The number of aromatic nitrogens is 2. The molecule has 1 unspecified atom stereocenters. The number of piperidine rings is 1. The van der Waals surface area contributed by atoms with Gasteiger partial charge in [0.05, 0.1) is 23.4 Å². The van der Waals surface area contributed by atoms with Gasteiger partial charge in [0, 0.05) is 38.0 Å². The fraction of sp³-hybridized carbons (Fsp3) is 0.571. The van der Waals surface area contributed by atoms with Crippen molar-refractivity contribution in [2.75, 3.05) is 44.2 Å². The molecular formula is C21H28N6O2.